The normalized spacial score (nSPS) is 19.9. The molecule has 25 heavy (non-hydrogen) atoms. The van der Waals surface area contributed by atoms with E-state index in [4.69, 9.17) is 9.26 Å². The van der Waals surface area contributed by atoms with Crippen LogP contribution in [0.5, 0.6) is 0 Å². The number of benzene rings is 1. The Bertz CT molecular complexity index is 872. The van der Waals surface area contributed by atoms with Gasteiger partial charge >= 0.3 is 0 Å². The summed E-state index contributed by atoms with van der Waals surface area (Å²) in [6.45, 7) is 0.550. The molecule has 1 fully saturated rings. The number of nitrogens with zero attached hydrogens (tertiary/aromatic N) is 3. The van der Waals surface area contributed by atoms with Crippen molar-refractivity contribution in [1.29, 1.82) is 0 Å². The summed E-state index contributed by atoms with van der Waals surface area (Å²) in [6, 6.07) is 9.31. The number of imidazole rings is 1. The molecule has 1 aromatic carbocycles. The first kappa shape index (κ1) is 15.6. The topological polar surface area (TPSA) is 82.2 Å². The van der Waals surface area contributed by atoms with Crippen LogP contribution in [0.15, 0.2) is 53.5 Å². The molecule has 2 atom stereocenters. The molecule has 0 aliphatic carbocycles. The van der Waals surface area contributed by atoms with Crippen molar-refractivity contribution in [2.75, 3.05) is 11.9 Å². The summed E-state index contributed by atoms with van der Waals surface area (Å²) in [5.74, 6) is 0.439. The standard InChI is InChI=1S/C18H18N4O3/c1-22-8-7-19-17(22)16-14(5-9-24-16)18(23)20-13-4-2-3-12(11-13)15-6-10-25-21-15/h2-4,6-8,10-11,14,16H,5,9H2,1H3,(H,20,23)/t14-,16-/m1/s1. The molecule has 4 rings (SSSR count). The van der Waals surface area contributed by atoms with Crippen LogP contribution in [0.2, 0.25) is 0 Å². The minimum atomic E-state index is -0.321. The molecule has 0 bridgehead atoms. The fourth-order valence-corrected chi connectivity index (χ4v) is 3.12. The summed E-state index contributed by atoms with van der Waals surface area (Å²) in [4.78, 5) is 17.1. The second-order valence-electron chi connectivity index (χ2n) is 6.04. The van der Waals surface area contributed by atoms with Gasteiger partial charge in [0.2, 0.25) is 5.91 Å². The molecule has 7 heteroatoms. The zero-order valence-electron chi connectivity index (χ0n) is 13.8. The van der Waals surface area contributed by atoms with Crippen molar-refractivity contribution in [3.05, 3.63) is 54.8 Å². The lowest BCUT2D eigenvalue weighted by atomic mass is 9.99. The summed E-state index contributed by atoms with van der Waals surface area (Å²) in [5.41, 5.74) is 2.33. The zero-order chi connectivity index (χ0) is 17.2. The van der Waals surface area contributed by atoms with E-state index in [-0.39, 0.29) is 17.9 Å². The number of amides is 1. The molecule has 1 amide bonds. The number of anilines is 1. The number of aromatic nitrogens is 3. The maximum atomic E-state index is 12.8. The lowest BCUT2D eigenvalue weighted by Crippen LogP contribution is -2.26. The van der Waals surface area contributed by atoms with E-state index in [2.05, 4.69) is 15.5 Å². The number of hydrogen-bond acceptors (Lipinski definition) is 5. The molecule has 0 radical (unpaired) electrons. The van der Waals surface area contributed by atoms with E-state index in [1.54, 1.807) is 12.3 Å². The van der Waals surface area contributed by atoms with Gasteiger partial charge in [0, 0.05) is 43.4 Å². The Kier molecular flexibility index (Phi) is 4.07. The second kappa shape index (κ2) is 6.52. The number of carbonyl (C=O) groups excluding carboxylic acids is 1. The highest BCUT2D eigenvalue weighted by Gasteiger charge is 2.37. The fourth-order valence-electron chi connectivity index (χ4n) is 3.12. The van der Waals surface area contributed by atoms with Crippen LogP contribution < -0.4 is 5.32 Å². The third-order valence-corrected chi connectivity index (χ3v) is 4.41. The van der Waals surface area contributed by atoms with E-state index in [0.29, 0.717) is 13.0 Å². The van der Waals surface area contributed by atoms with E-state index < -0.39 is 0 Å². The molecular formula is C18H18N4O3. The molecule has 1 aliphatic rings. The van der Waals surface area contributed by atoms with Crippen molar-refractivity contribution < 1.29 is 14.1 Å². The maximum absolute atomic E-state index is 12.8. The minimum Gasteiger partial charge on any atom is -0.369 e. The van der Waals surface area contributed by atoms with Gasteiger partial charge in [-0.1, -0.05) is 17.3 Å². The smallest absolute Gasteiger partial charge is 0.230 e. The third kappa shape index (κ3) is 3.06. The van der Waals surface area contributed by atoms with Gasteiger partial charge in [0.1, 0.15) is 23.9 Å². The molecule has 0 unspecified atom stereocenters. The maximum Gasteiger partial charge on any atom is 0.230 e. The molecular weight excluding hydrogens is 320 g/mol. The van der Waals surface area contributed by atoms with Crippen LogP contribution in [0.25, 0.3) is 11.3 Å². The molecule has 1 saturated heterocycles. The van der Waals surface area contributed by atoms with Crippen LogP contribution in [0.3, 0.4) is 0 Å². The third-order valence-electron chi connectivity index (χ3n) is 4.41. The van der Waals surface area contributed by atoms with Crippen molar-refractivity contribution in [3.8, 4) is 11.3 Å². The lowest BCUT2D eigenvalue weighted by Gasteiger charge is -2.18. The van der Waals surface area contributed by atoms with Crippen molar-refractivity contribution >= 4 is 11.6 Å². The number of aryl methyl sites for hydroxylation is 1. The largest absolute Gasteiger partial charge is 0.369 e. The van der Waals surface area contributed by atoms with Crippen molar-refractivity contribution in [1.82, 2.24) is 14.7 Å². The highest BCUT2D eigenvalue weighted by atomic mass is 16.5. The van der Waals surface area contributed by atoms with Gasteiger partial charge in [-0.05, 0) is 18.6 Å². The highest BCUT2D eigenvalue weighted by Crippen LogP contribution is 2.34. The first-order chi connectivity index (χ1) is 12.2. The van der Waals surface area contributed by atoms with Gasteiger partial charge in [0.25, 0.3) is 0 Å². The molecule has 128 valence electrons. The molecule has 1 aliphatic heterocycles. The number of nitrogens with one attached hydrogen (secondary N) is 1. The highest BCUT2D eigenvalue weighted by molar-refractivity contribution is 5.93. The van der Waals surface area contributed by atoms with Gasteiger partial charge in [-0.15, -0.1) is 0 Å². The number of rotatable bonds is 4. The van der Waals surface area contributed by atoms with E-state index in [1.165, 1.54) is 6.26 Å². The Morgan fingerprint density at radius 2 is 2.28 bits per heavy atom. The van der Waals surface area contributed by atoms with E-state index in [0.717, 1.165) is 22.8 Å². The molecule has 0 spiro atoms. The quantitative estimate of drug-likeness (QED) is 0.791. The lowest BCUT2D eigenvalue weighted by molar-refractivity contribution is -0.121. The van der Waals surface area contributed by atoms with Gasteiger partial charge in [-0.2, -0.15) is 0 Å². The minimum absolute atomic E-state index is 0.0668. The molecule has 2 aromatic heterocycles. The Hall–Kier alpha value is -2.93. The van der Waals surface area contributed by atoms with Crippen LogP contribution in [0.4, 0.5) is 5.69 Å². The Morgan fingerprint density at radius 3 is 3.04 bits per heavy atom. The van der Waals surface area contributed by atoms with E-state index in [9.17, 15) is 4.79 Å². The fraction of sp³-hybridized carbons (Fsp3) is 0.278. The molecule has 1 N–H and O–H groups in total. The van der Waals surface area contributed by atoms with E-state index >= 15 is 0 Å². The molecule has 7 nitrogen and oxygen atoms in total. The monoisotopic (exact) mass is 338 g/mol. The van der Waals surface area contributed by atoms with Crippen molar-refractivity contribution in [3.63, 3.8) is 0 Å². The summed E-state index contributed by atoms with van der Waals surface area (Å²) < 4.78 is 12.5. The van der Waals surface area contributed by atoms with Crippen LogP contribution in [0, 0.1) is 5.92 Å². The first-order valence-corrected chi connectivity index (χ1v) is 8.13. The SMILES string of the molecule is Cn1ccnc1[C@@H]1OCC[C@H]1C(=O)Nc1cccc(-c2ccon2)c1. The van der Waals surface area contributed by atoms with Crippen molar-refractivity contribution in [2.24, 2.45) is 13.0 Å². The van der Waals surface area contributed by atoms with Gasteiger partial charge in [-0.3, -0.25) is 4.79 Å². The summed E-state index contributed by atoms with van der Waals surface area (Å²) in [5, 5.41) is 6.90. The van der Waals surface area contributed by atoms with Crippen molar-refractivity contribution in [2.45, 2.75) is 12.5 Å². The summed E-state index contributed by atoms with van der Waals surface area (Å²) in [7, 11) is 1.90. The van der Waals surface area contributed by atoms with Gasteiger partial charge in [0.05, 0.1) is 5.92 Å². The number of carbonyl (C=O) groups is 1. The number of hydrogen-bond donors (Lipinski definition) is 1. The van der Waals surface area contributed by atoms with Crippen LogP contribution >= 0.6 is 0 Å². The Balaban J connectivity index is 1.52. The molecule has 0 saturated carbocycles. The van der Waals surface area contributed by atoms with E-state index in [1.807, 2.05) is 42.1 Å². The van der Waals surface area contributed by atoms with Gasteiger partial charge < -0.3 is 19.1 Å². The van der Waals surface area contributed by atoms with Crippen LogP contribution in [0.1, 0.15) is 18.3 Å². The average molecular weight is 338 g/mol. The molecule has 3 heterocycles. The zero-order valence-corrected chi connectivity index (χ0v) is 13.8. The predicted molar refractivity (Wildman–Crippen MR) is 90.6 cm³/mol. The average Bonchev–Trinajstić information content (AvgIpc) is 3.36. The predicted octanol–water partition coefficient (Wildman–Crippen LogP) is 2.79. The Morgan fingerprint density at radius 1 is 1.36 bits per heavy atom. The second-order valence-corrected chi connectivity index (χ2v) is 6.04. The summed E-state index contributed by atoms with van der Waals surface area (Å²) in [6.07, 6.45) is 5.44. The number of ether oxygens (including phenoxy) is 1. The first-order valence-electron chi connectivity index (χ1n) is 8.13. The van der Waals surface area contributed by atoms with Crippen LogP contribution in [-0.4, -0.2) is 27.2 Å². The molecule has 3 aromatic rings. The van der Waals surface area contributed by atoms with Gasteiger partial charge in [-0.25, -0.2) is 4.98 Å². The van der Waals surface area contributed by atoms with Gasteiger partial charge in [0.15, 0.2) is 0 Å². The Labute approximate surface area is 144 Å². The summed E-state index contributed by atoms with van der Waals surface area (Å²) >= 11 is 0. The van der Waals surface area contributed by atoms with Crippen LogP contribution in [-0.2, 0) is 16.6 Å².